The van der Waals surface area contributed by atoms with E-state index in [2.05, 4.69) is 9.98 Å². The summed E-state index contributed by atoms with van der Waals surface area (Å²) in [5, 5.41) is 12.1. The van der Waals surface area contributed by atoms with Crippen LogP contribution >= 0.6 is 22.4 Å². The number of rotatable bonds is 4. The van der Waals surface area contributed by atoms with Crippen LogP contribution in [0.3, 0.4) is 0 Å². The highest BCUT2D eigenvalue weighted by atomic mass is 32.2. The van der Waals surface area contributed by atoms with Gasteiger partial charge in [0.2, 0.25) is 0 Å². The first-order valence-electron chi connectivity index (χ1n) is 8.78. The van der Waals surface area contributed by atoms with Crippen molar-refractivity contribution in [3.8, 4) is 10.4 Å². The number of imidazole rings is 1. The summed E-state index contributed by atoms with van der Waals surface area (Å²) in [7, 11) is 0. The Morgan fingerprint density at radius 3 is 2.71 bits per heavy atom. The smallest absolute Gasteiger partial charge is 0.377 e. The van der Waals surface area contributed by atoms with Crippen LogP contribution in [0.4, 0.5) is 19.0 Å². The third-order valence-corrected chi connectivity index (χ3v) is 8.64. The van der Waals surface area contributed by atoms with Gasteiger partial charge in [-0.2, -0.15) is 13.2 Å². The van der Waals surface area contributed by atoms with E-state index in [1.54, 1.807) is 30.7 Å². The molecule has 2 atom stereocenters. The van der Waals surface area contributed by atoms with E-state index in [9.17, 15) is 18.3 Å². The van der Waals surface area contributed by atoms with Crippen LogP contribution in [-0.4, -0.2) is 19.1 Å². The molecule has 1 N–H and O–H groups in total. The Morgan fingerprint density at radius 1 is 1.18 bits per heavy atom. The Kier molecular flexibility index (Phi) is 4.15. The molecule has 3 aromatic rings. The van der Waals surface area contributed by atoms with E-state index in [0.717, 1.165) is 29.8 Å². The number of thiophene rings is 1. The average molecular weight is 423 g/mol. The molecule has 0 saturated heterocycles. The maximum Gasteiger partial charge on any atom is 0.417 e. The molecule has 1 aromatic carbocycles. The molecule has 2 aliphatic rings. The fourth-order valence-electron chi connectivity index (χ4n) is 3.37. The van der Waals surface area contributed by atoms with Crippen LogP contribution in [0.5, 0.6) is 0 Å². The molecule has 0 radical (unpaired) electrons. The average Bonchev–Trinajstić information content (AvgIpc) is 3.07. The summed E-state index contributed by atoms with van der Waals surface area (Å²) in [4.78, 5) is 9.91. The Balaban J connectivity index is 1.50. The molecule has 28 heavy (non-hydrogen) atoms. The maximum atomic E-state index is 13.4. The summed E-state index contributed by atoms with van der Waals surface area (Å²) in [5.74, 6) is 1.14. The largest absolute Gasteiger partial charge is 0.417 e. The highest BCUT2D eigenvalue weighted by Crippen LogP contribution is 2.57. The van der Waals surface area contributed by atoms with Crippen LogP contribution in [0.15, 0.2) is 53.9 Å². The van der Waals surface area contributed by atoms with Gasteiger partial charge in [0.15, 0.2) is 5.82 Å². The summed E-state index contributed by atoms with van der Waals surface area (Å²) in [5.41, 5.74) is -1.35. The van der Waals surface area contributed by atoms with E-state index in [-0.39, 0.29) is 5.56 Å². The minimum atomic E-state index is -4.42. The minimum Gasteiger partial charge on any atom is -0.377 e. The zero-order valence-corrected chi connectivity index (χ0v) is 16.2. The Hall–Kier alpha value is -2.10. The van der Waals surface area contributed by atoms with Gasteiger partial charge in [-0.05, 0) is 31.0 Å². The SMILES string of the molecule is OC(c1ccc(-c2ccccc2C(F)(F)F)s1)[SH]1C(C2CC2)=Nc2cncn21. The number of hydrogen-bond donors (Lipinski definition) is 2. The van der Waals surface area contributed by atoms with Gasteiger partial charge in [0.25, 0.3) is 0 Å². The summed E-state index contributed by atoms with van der Waals surface area (Å²) in [6, 6.07) is 8.91. The number of aliphatic hydroxyl groups excluding tert-OH is 1. The molecular formula is C19H16F3N3OS2. The number of alkyl halides is 3. The van der Waals surface area contributed by atoms with Crippen molar-refractivity contribution in [2.24, 2.45) is 10.9 Å². The Morgan fingerprint density at radius 2 is 1.96 bits per heavy atom. The van der Waals surface area contributed by atoms with Gasteiger partial charge in [0.05, 0.1) is 16.8 Å². The number of thiol groups is 1. The van der Waals surface area contributed by atoms with Gasteiger partial charge in [-0.3, -0.25) is 3.97 Å². The van der Waals surface area contributed by atoms with Gasteiger partial charge in [-0.15, -0.1) is 11.3 Å². The molecule has 4 nitrogen and oxygen atoms in total. The molecule has 1 saturated carbocycles. The van der Waals surface area contributed by atoms with Gasteiger partial charge >= 0.3 is 6.18 Å². The second kappa shape index (κ2) is 6.47. The Labute approximate surface area is 165 Å². The van der Waals surface area contributed by atoms with Crippen molar-refractivity contribution in [1.82, 2.24) is 8.96 Å². The lowest BCUT2D eigenvalue weighted by atomic mass is 10.1. The number of hydrogen-bond acceptors (Lipinski definition) is 4. The van der Waals surface area contributed by atoms with Crippen molar-refractivity contribution in [2.75, 3.05) is 0 Å². The van der Waals surface area contributed by atoms with Crippen LogP contribution in [0, 0.1) is 5.92 Å². The molecule has 146 valence electrons. The highest BCUT2D eigenvalue weighted by molar-refractivity contribution is 8.29. The number of aliphatic hydroxyl groups is 1. The van der Waals surface area contributed by atoms with E-state index < -0.39 is 28.3 Å². The van der Waals surface area contributed by atoms with Crippen molar-refractivity contribution >= 4 is 33.3 Å². The van der Waals surface area contributed by atoms with Crippen LogP contribution in [0.25, 0.3) is 10.4 Å². The normalized spacial score (nSPS) is 21.4. The molecule has 2 aromatic heterocycles. The van der Waals surface area contributed by atoms with E-state index in [1.807, 2.05) is 3.97 Å². The van der Waals surface area contributed by atoms with E-state index in [4.69, 9.17) is 0 Å². The zero-order chi connectivity index (χ0) is 19.5. The summed E-state index contributed by atoms with van der Waals surface area (Å²) >= 11 is 0.0604. The van der Waals surface area contributed by atoms with Crippen molar-refractivity contribution in [2.45, 2.75) is 24.5 Å². The predicted molar refractivity (Wildman–Crippen MR) is 106 cm³/mol. The molecular weight excluding hydrogens is 407 g/mol. The molecule has 3 heterocycles. The first-order valence-corrected chi connectivity index (χ1v) is 11.0. The number of aromatic nitrogens is 2. The lowest BCUT2D eigenvalue weighted by Crippen LogP contribution is -2.10. The molecule has 1 aliphatic carbocycles. The van der Waals surface area contributed by atoms with Crippen LogP contribution in [0.2, 0.25) is 0 Å². The van der Waals surface area contributed by atoms with Gasteiger partial charge in [0.1, 0.15) is 11.8 Å². The number of fused-ring (bicyclic) bond motifs is 1. The summed E-state index contributed by atoms with van der Waals surface area (Å²) < 4.78 is 42.0. The minimum absolute atomic E-state index is 0.136. The number of nitrogens with zero attached hydrogens (tertiary/aromatic N) is 3. The topological polar surface area (TPSA) is 50.4 Å². The lowest BCUT2D eigenvalue weighted by Gasteiger charge is -2.25. The van der Waals surface area contributed by atoms with E-state index in [1.165, 1.54) is 23.5 Å². The molecule has 1 fully saturated rings. The second-order valence-electron chi connectivity index (χ2n) is 6.80. The quantitative estimate of drug-likeness (QED) is 0.542. The first kappa shape index (κ1) is 18.0. The van der Waals surface area contributed by atoms with E-state index >= 15 is 0 Å². The standard InChI is InChI=1S/C19H16F3N3OS2/c20-19(21,22)13-4-2-1-3-12(13)14-7-8-15(27-14)18(26)28-17(11-5-6-11)24-16-9-23-10-25(16)28/h1-4,7-11,18,26,28H,5-6H2. The number of benzene rings is 1. The second-order valence-corrected chi connectivity index (χ2v) is 9.99. The monoisotopic (exact) mass is 423 g/mol. The van der Waals surface area contributed by atoms with Crippen molar-refractivity contribution in [1.29, 1.82) is 0 Å². The fourth-order valence-corrected chi connectivity index (χ4v) is 7.11. The van der Waals surface area contributed by atoms with E-state index in [0.29, 0.717) is 15.7 Å². The van der Waals surface area contributed by atoms with Gasteiger partial charge in [0, 0.05) is 21.2 Å². The van der Waals surface area contributed by atoms with Crippen LogP contribution in [0.1, 0.15) is 28.7 Å². The molecule has 0 spiro atoms. The molecule has 5 rings (SSSR count). The van der Waals surface area contributed by atoms with Gasteiger partial charge in [-0.25, -0.2) is 9.98 Å². The zero-order valence-electron chi connectivity index (χ0n) is 14.5. The van der Waals surface area contributed by atoms with Crippen LogP contribution in [-0.2, 0) is 6.18 Å². The van der Waals surface area contributed by atoms with Crippen molar-refractivity contribution in [3.05, 3.63) is 59.4 Å². The molecule has 0 bridgehead atoms. The highest BCUT2D eigenvalue weighted by Gasteiger charge is 2.40. The van der Waals surface area contributed by atoms with Gasteiger partial charge in [-0.1, -0.05) is 29.3 Å². The predicted octanol–water partition coefficient (Wildman–Crippen LogP) is 5.54. The summed E-state index contributed by atoms with van der Waals surface area (Å²) in [6.07, 6.45) is 1.06. The third kappa shape index (κ3) is 2.98. The Bertz CT molecular complexity index is 1070. The fraction of sp³-hybridized carbons (Fsp3) is 0.263. The molecule has 2 unspecified atom stereocenters. The molecule has 0 amide bonds. The molecule has 1 aliphatic heterocycles. The number of halogens is 3. The van der Waals surface area contributed by atoms with Crippen LogP contribution < -0.4 is 0 Å². The summed E-state index contributed by atoms with van der Waals surface area (Å²) in [6.45, 7) is 0. The third-order valence-electron chi connectivity index (χ3n) is 4.85. The number of aliphatic imine (C=N–C) groups is 1. The lowest BCUT2D eigenvalue weighted by molar-refractivity contribution is -0.137. The van der Waals surface area contributed by atoms with Crippen molar-refractivity contribution < 1.29 is 18.3 Å². The first-order chi connectivity index (χ1) is 13.4. The molecule has 9 heteroatoms. The maximum absolute atomic E-state index is 13.4. The van der Waals surface area contributed by atoms with Gasteiger partial charge < -0.3 is 5.11 Å². The van der Waals surface area contributed by atoms with Crippen molar-refractivity contribution in [3.63, 3.8) is 0 Å².